The van der Waals surface area contributed by atoms with Gasteiger partial charge in [0.1, 0.15) is 0 Å². The van der Waals surface area contributed by atoms with Crippen LogP contribution in [0.1, 0.15) is 41.7 Å². The molecule has 0 saturated carbocycles. The minimum absolute atomic E-state index is 0.134. The molecular weight excluding hydrogens is 353 g/mol. The van der Waals surface area contributed by atoms with Crippen molar-refractivity contribution in [2.75, 3.05) is 20.3 Å². The van der Waals surface area contributed by atoms with Crippen molar-refractivity contribution >= 4 is 27.4 Å². The molecular formula is C18H21F3O3S. The van der Waals surface area contributed by atoms with Crippen LogP contribution in [-0.4, -0.2) is 26.3 Å². The number of fused-ring (bicyclic) bond motifs is 1. The predicted molar refractivity (Wildman–Crippen MR) is 92.0 cm³/mol. The lowest BCUT2D eigenvalue weighted by molar-refractivity contribution is -0.143. The monoisotopic (exact) mass is 374 g/mol. The summed E-state index contributed by atoms with van der Waals surface area (Å²) in [5, 5.41) is 0.791. The summed E-state index contributed by atoms with van der Waals surface area (Å²) in [7, 11) is 1.58. The number of alkyl halides is 3. The number of rotatable bonds is 7. The molecule has 0 saturated heterocycles. The van der Waals surface area contributed by atoms with Crippen molar-refractivity contribution in [3.05, 3.63) is 34.2 Å². The first-order valence-corrected chi connectivity index (χ1v) is 8.84. The number of carbonyl (C=O) groups is 1. The normalized spacial score (nSPS) is 13.2. The van der Waals surface area contributed by atoms with E-state index >= 15 is 0 Å². The van der Waals surface area contributed by atoms with Crippen LogP contribution in [0.4, 0.5) is 13.2 Å². The molecule has 0 aliphatic heterocycles. The Kier molecular flexibility index (Phi) is 6.46. The van der Waals surface area contributed by atoms with Gasteiger partial charge in [0, 0.05) is 29.2 Å². The van der Waals surface area contributed by atoms with E-state index < -0.39 is 11.7 Å². The standard InChI is InChI=1S/C18H21F3O3S/c1-4-24-16(22)9-12(7-8-23-3)17-11(2)14-6-5-13(18(19,20)21)10-15(14)25-17/h5-6,10,12H,4,7-9H2,1-3H3. The van der Waals surface area contributed by atoms with E-state index in [1.54, 1.807) is 14.0 Å². The number of benzene rings is 1. The molecule has 2 aromatic rings. The Morgan fingerprint density at radius 2 is 2.04 bits per heavy atom. The molecule has 3 nitrogen and oxygen atoms in total. The number of esters is 1. The Bertz CT molecular complexity index is 737. The maximum Gasteiger partial charge on any atom is 0.416 e. The Balaban J connectivity index is 2.40. The molecule has 138 valence electrons. The molecule has 0 amide bonds. The Labute approximate surface area is 148 Å². The van der Waals surface area contributed by atoms with E-state index in [1.807, 2.05) is 6.92 Å². The van der Waals surface area contributed by atoms with E-state index in [9.17, 15) is 18.0 Å². The molecule has 0 spiro atoms. The first kappa shape index (κ1) is 19.7. The zero-order valence-corrected chi connectivity index (χ0v) is 15.2. The van der Waals surface area contributed by atoms with Crippen LogP contribution in [-0.2, 0) is 20.4 Å². The Morgan fingerprint density at radius 1 is 1.32 bits per heavy atom. The number of aryl methyl sites for hydroxylation is 1. The summed E-state index contributed by atoms with van der Waals surface area (Å²) in [6, 6.07) is 3.78. The summed E-state index contributed by atoms with van der Waals surface area (Å²) < 4.78 is 49.5. The van der Waals surface area contributed by atoms with Crippen LogP contribution in [0.15, 0.2) is 18.2 Å². The van der Waals surface area contributed by atoms with Gasteiger partial charge in [0.15, 0.2) is 0 Å². The number of ether oxygens (including phenoxy) is 2. The molecule has 2 rings (SSSR count). The van der Waals surface area contributed by atoms with E-state index in [0.717, 1.165) is 21.9 Å². The van der Waals surface area contributed by atoms with E-state index in [-0.39, 0.29) is 18.3 Å². The SMILES string of the molecule is CCOC(=O)CC(CCOC)c1sc2cc(C(F)(F)F)ccc2c1C. The number of carbonyl (C=O) groups excluding carboxylic acids is 1. The second-order valence-corrected chi connectivity index (χ2v) is 6.87. The Morgan fingerprint density at radius 3 is 2.64 bits per heavy atom. The van der Waals surface area contributed by atoms with Crippen LogP contribution in [0.2, 0.25) is 0 Å². The van der Waals surface area contributed by atoms with Gasteiger partial charge in [-0.05, 0) is 43.4 Å². The Hall–Kier alpha value is -1.60. The highest BCUT2D eigenvalue weighted by molar-refractivity contribution is 7.19. The number of thiophene rings is 1. The summed E-state index contributed by atoms with van der Waals surface area (Å²) in [4.78, 5) is 12.8. The van der Waals surface area contributed by atoms with Gasteiger partial charge in [-0.25, -0.2) is 0 Å². The van der Waals surface area contributed by atoms with Gasteiger partial charge < -0.3 is 9.47 Å². The van der Waals surface area contributed by atoms with E-state index in [1.165, 1.54) is 23.5 Å². The predicted octanol–water partition coefficient (Wildman–Crippen LogP) is 5.30. The molecule has 0 bridgehead atoms. The van der Waals surface area contributed by atoms with Crippen molar-refractivity contribution in [1.82, 2.24) is 0 Å². The minimum atomic E-state index is -4.37. The van der Waals surface area contributed by atoms with E-state index in [0.29, 0.717) is 24.3 Å². The lowest BCUT2D eigenvalue weighted by Crippen LogP contribution is -2.12. The highest BCUT2D eigenvalue weighted by Crippen LogP contribution is 2.41. The summed E-state index contributed by atoms with van der Waals surface area (Å²) >= 11 is 1.31. The quantitative estimate of drug-likeness (QED) is 0.617. The van der Waals surface area contributed by atoms with Crippen LogP contribution in [0.5, 0.6) is 0 Å². The average Bonchev–Trinajstić information content (AvgIpc) is 2.87. The summed E-state index contributed by atoms with van der Waals surface area (Å²) in [6.07, 6.45) is -3.57. The third-order valence-corrected chi connectivity index (χ3v) is 5.48. The minimum Gasteiger partial charge on any atom is -0.466 e. The van der Waals surface area contributed by atoms with Gasteiger partial charge in [-0.3, -0.25) is 4.79 Å². The van der Waals surface area contributed by atoms with Crippen LogP contribution in [0.25, 0.3) is 10.1 Å². The fraction of sp³-hybridized carbons (Fsp3) is 0.500. The molecule has 1 atom stereocenters. The maximum absolute atomic E-state index is 12.9. The number of methoxy groups -OCH3 is 1. The molecule has 1 heterocycles. The lowest BCUT2D eigenvalue weighted by Gasteiger charge is -2.15. The van der Waals surface area contributed by atoms with E-state index in [2.05, 4.69) is 0 Å². The zero-order chi connectivity index (χ0) is 18.6. The van der Waals surface area contributed by atoms with Gasteiger partial charge in [0.2, 0.25) is 0 Å². The lowest BCUT2D eigenvalue weighted by atomic mass is 9.96. The molecule has 1 aromatic heterocycles. The first-order valence-electron chi connectivity index (χ1n) is 8.02. The smallest absolute Gasteiger partial charge is 0.416 e. The second-order valence-electron chi connectivity index (χ2n) is 5.79. The molecule has 0 radical (unpaired) electrons. The van der Waals surface area contributed by atoms with Gasteiger partial charge >= 0.3 is 12.1 Å². The molecule has 25 heavy (non-hydrogen) atoms. The van der Waals surface area contributed by atoms with Crippen molar-refractivity contribution in [3.8, 4) is 0 Å². The van der Waals surface area contributed by atoms with Crippen molar-refractivity contribution < 1.29 is 27.4 Å². The van der Waals surface area contributed by atoms with Crippen molar-refractivity contribution in [2.45, 2.75) is 38.8 Å². The first-order chi connectivity index (χ1) is 11.8. The fourth-order valence-corrected chi connectivity index (χ4v) is 4.20. The van der Waals surface area contributed by atoms with Gasteiger partial charge in [0.25, 0.3) is 0 Å². The largest absolute Gasteiger partial charge is 0.466 e. The van der Waals surface area contributed by atoms with Crippen molar-refractivity contribution in [3.63, 3.8) is 0 Å². The van der Waals surface area contributed by atoms with Crippen molar-refractivity contribution in [1.29, 1.82) is 0 Å². The molecule has 0 aliphatic carbocycles. The molecule has 0 fully saturated rings. The average molecular weight is 374 g/mol. The maximum atomic E-state index is 12.9. The van der Waals surface area contributed by atoms with Gasteiger partial charge in [-0.15, -0.1) is 11.3 Å². The molecule has 7 heteroatoms. The van der Waals surface area contributed by atoms with E-state index in [4.69, 9.17) is 9.47 Å². The highest BCUT2D eigenvalue weighted by atomic mass is 32.1. The summed E-state index contributed by atoms with van der Waals surface area (Å²) in [5.74, 6) is -0.442. The highest BCUT2D eigenvalue weighted by Gasteiger charge is 2.31. The molecule has 0 aliphatic rings. The van der Waals surface area contributed by atoms with Crippen molar-refractivity contribution in [2.24, 2.45) is 0 Å². The number of hydrogen-bond donors (Lipinski definition) is 0. The number of halogens is 3. The molecule has 1 unspecified atom stereocenters. The fourth-order valence-electron chi connectivity index (χ4n) is 2.82. The van der Waals surface area contributed by atoms with Gasteiger partial charge in [-0.2, -0.15) is 13.2 Å². The van der Waals surface area contributed by atoms with Crippen LogP contribution in [0, 0.1) is 6.92 Å². The molecule has 1 aromatic carbocycles. The molecule has 0 N–H and O–H groups in total. The second kappa shape index (κ2) is 8.19. The third-order valence-electron chi connectivity index (χ3n) is 4.06. The van der Waals surface area contributed by atoms with Gasteiger partial charge in [0.05, 0.1) is 18.6 Å². The van der Waals surface area contributed by atoms with Crippen LogP contribution < -0.4 is 0 Å². The summed E-state index contributed by atoms with van der Waals surface area (Å²) in [6.45, 7) is 4.39. The topological polar surface area (TPSA) is 35.5 Å². The van der Waals surface area contributed by atoms with Gasteiger partial charge in [-0.1, -0.05) is 6.07 Å². The van der Waals surface area contributed by atoms with Crippen LogP contribution >= 0.6 is 11.3 Å². The van der Waals surface area contributed by atoms with Crippen LogP contribution in [0.3, 0.4) is 0 Å². The number of hydrogen-bond acceptors (Lipinski definition) is 4. The zero-order valence-electron chi connectivity index (χ0n) is 14.4. The summed E-state index contributed by atoms with van der Waals surface area (Å²) in [5.41, 5.74) is 0.255. The third kappa shape index (κ3) is 4.73.